The molecule has 3 heterocycles. The lowest BCUT2D eigenvalue weighted by molar-refractivity contribution is 0.539. The van der Waals surface area contributed by atoms with E-state index in [1.54, 1.807) is 39.3 Å². The van der Waals surface area contributed by atoms with Crippen molar-refractivity contribution in [3.63, 3.8) is 0 Å². The number of aryl methyl sites for hydroxylation is 3. The number of anilines is 1. The molecule has 1 N–H and O–H groups in total. The molecule has 3 aromatic heterocycles. The van der Waals surface area contributed by atoms with Crippen LogP contribution in [0.2, 0.25) is 0 Å². The predicted octanol–water partition coefficient (Wildman–Crippen LogP) is 5.41. The number of hydrogen-bond acceptors (Lipinski definition) is 4. The molecule has 0 atom stereocenters. The molecule has 8 nitrogen and oxygen atoms in total. The Kier molecular flexibility index (Phi) is 5.52. The Hall–Kier alpha value is -3.88. The molecule has 0 bridgehead atoms. The summed E-state index contributed by atoms with van der Waals surface area (Å²) in [7, 11) is 5.42. The van der Waals surface area contributed by atoms with Crippen LogP contribution in [0.5, 0.6) is 0 Å². The van der Waals surface area contributed by atoms with E-state index in [-0.39, 0.29) is 16.9 Å². The summed E-state index contributed by atoms with van der Waals surface area (Å²) in [6.45, 7) is 6.33. The molecular formula is C29H34FN7O. The predicted molar refractivity (Wildman–Crippen MR) is 150 cm³/mol. The molecule has 38 heavy (non-hydrogen) atoms. The SMILES string of the molecule is Cn1cc(-c2cc3nc(C(C)(C)C)n(-c4cc(NC5CCCC5)c5c(c4)n(C)c(=O)n5C)c3cc2F)cn1. The molecule has 0 amide bonds. The number of nitrogens with zero attached hydrogens (tertiary/aromatic N) is 6. The molecule has 0 unspecified atom stereocenters. The van der Waals surface area contributed by atoms with Gasteiger partial charge in [0.25, 0.3) is 0 Å². The van der Waals surface area contributed by atoms with E-state index in [0.717, 1.165) is 41.1 Å². The van der Waals surface area contributed by atoms with Gasteiger partial charge in [-0.1, -0.05) is 33.6 Å². The first-order chi connectivity index (χ1) is 18.0. The van der Waals surface area contributed by atoms with Gasteiger partial charge in [0, 0.05) is 56.0 Å². The fourth-order valence-corrected chi connectivity index (χ4v) is 5.81. The fraction of sp³-hybridized carbons (Fsp3) is 0.414. The standard InChI is InChI=1S/C29H34FN7O/c1-29(2,3)27-33-22-13-20(17-15-31-34(4)16-17)21(30)14-24(22)37(27)19-11-23(32-18-9-7-8-10-18)26-25(12-19)35(5)28(38)36(26)6/h11-16,18,32H,7-10H2,1-6H3. The minimum Gasteiger partial charge on any atom is -0.381 e. The van der Waals surface area contributed by atoms with Gasteiger partial charge >= 0.3 is 5.69 Å². The minimum absolute atomic E-state index is 0.0784. The van der Waals surface area contributed by atoms with Crippen LogP contribution in [0.25, 0.3) is 38.9 Å². The van der Waals surface area contributed by atoms with Gasteiger partial charge in [-0.3, -0.25) is 18.4 Å². The van der Waals surface area contributed by atoms with E-state index in [0.29, 0.717) is 28.2 Å². The molecule has 0 aliphatic heterocycles. The van der Waals surface area contributed by atoms with E-state index < -0.39 is 0 Å². The number of fused-ring (bicyclic) bond motifs is 2. The summed E-state index contributed by atoms with van der Waals surface area (Å²) < 4.78 is 22.7. The van der Waals surface area contributed by atoms with Crippen LogP contribution in [0.1, 0.15) is 52.3 Å². The summed E-state index contributed by atoms with van der Waals surface area (Å²) in [6.07, 6.45) is 8.08. The summed E-state index contributed by atoms with van der Waals surface area (Å²) in [4.78, 5) is 18.0. The molecule has 0 saturated heterocycles. The molecule has 2 aromatic carbocycles. The van der Waals surface area contributed by atoms with Crippen LogP contribution in [-0.2, 0) is 26.6 Å². The van der Waals surface area contributed by atoms with Crippen LogP contribution in [0.3, 0.4) is 0 Å². The Morgan fingerprint density at radius 2 is 1.74 bits per heavy atom. The van der Waals surface area contributed by atoms with Gasteiger partial charge in [0.05, 0.1) is 39.6 Å². The van der Waals surface area contributed by atoms with Gasteiger partial charge in [-0.2, -0.15) is 5.10 Å². The van der Waals surface area contributed by atoms with Gasteiger partial charge in [0.1, 0.15) is 11.6 Å². The molecule has 0 radical (unpaired) electrons. The van der Waals surface area contributed by atoms with Crippen molar-refractivity contribution in [3.8, 4) is 16.8 Å². The Labute approximate surface area is 220 Å². The second-order valence-electron chi connectivity index (χ2n) is 11.6. The molecular weight excluding hydrogens is 481 g/mol. The summed E-state index contributed by atoms with van der Waals surface area (Å²) in [5, 5.41) is 7.94. The van der Waals surface area contributed by atoms with E-state index in [4.69, 9.17) is 4.98 Å². The first kappa shape index (κ1) is 24.5. The second kappa shape index (κ2) is 8.58. The molecule has 6 rings (SSSR count). The first-order valence-corrected chi connectivity index (χ1v) is 13.2. The Morgan fingerprint density at radius 3 is 2.39 bits per heavy atom. The summed E-state index contributed by atoms with van der Waals surface area (Å²) in [5.74, 6) is 0.493. The van der Waals surface area contributed by atoms with E-state index in [9.17, 15) is 4.79 Å². The molecule has 1 fully saturated rings. The maximum Gasteiger partial charge on any atom is 0.328 e. The summed E-state index contributed by atoms with van der Waals surface area (Å²) >= 11 is 0. The minimum atomic E-state index is -0.329. The van der Waals surface area contributed by atoms with Gasteiger partial charge in [0.15, 0.2) is 0 Å². The zero-order valence-corrected chi connectivity index (χ0v) is 22.8. The average molecular weight is 516 g/mol. The van der Waals surface area contributed by atoms with E-state index in [1.807, 2.05) is 30.8 Å². The van der Waals surface area contributed by atoms with Crippen LogP contribution < -0.4 is 11.0 Å². The number of hydrogen-bond donors (Lipinski definition) is 1. The van der Waals surface area contributed by atoms with Gasteiger partial charge < -0.3 is 5.32 Å². The Bertz CT molecular complexity index is 1760. The van der Waals surface area contributed by atoms with Gasteiger partial charge in [-0.05, 0) is 31.0 Å². The quantitative estimate of drug-likeness (QED) is 0.347. The third-order valence-corrected chi connectivity index (χ3v) is 7.75. The number of nitrogens with one attached hydrogen (secondary N) is 1. The van der Waals surface area contributed by atoms with Crippen LogP contribution in [0, 0.1) is 5.82 Å². The van der Waals surface area contributed by atoms with Crippen molar-refractivity contribution in [2.24, 2.45) is 21.1 Å². The van der Waals surface area contributed by atoms with E-state index in [1.165, 1.54) is 12.8 Å². The van der Waals surface area contributed by atoms with Crippen LogP contribution >= 0.6 is 0 Å². The highest BCUT2D eigenvalue weighted by molar-refractivity contribution is 5.93. The monoisotopic (exact) mass is 515 g/mol. The largest absolute Gasteiger partial charge is 0.381 e. The van der Waals surface area contributed by atoms with Crippen molar-refractivity contribution < 1.29 is 4.39 Å². The Morgan fingerprint density at radius 1 is 1.00 bits per heavy atom. The van der Waals surface area contributed by atoms with Crippen molar-refractivity contribution in [1.29, 1.82) is 0 Å². The second-order valence-corrected chi connectivity index (χ2v) is 11.6. The molecule has 198 valence electrons. The van der Waals surface area contributed by atoms with Crippen molar-refractivity contribution in [2.45, 2.75) is 57.9 Å². The van der Waals surface area contributed by atoms with Crippen molar-refractivity contribution in [1.82, 2.24) is 28.5 Å². The normalized spacial score (nSPS) is 14.8. The molecule has 9 heteroatoms. The number of benzene rings is 2. The third-order valence-electron chi connectivity index (χ3n) is 7.75. The summed E-state index contributed by atoms with van der Waals surface area (Å²) in [5.41, 5.74) is 5.65. The lowest BCUT2D eigenvalue weighted by atomic mass is 9.95. The molecule has 1 saturated carbocycles. The topological polar surface area (TPSA) is 74.6 Å². The van der Waals surface area contributed by atoms with Crippen molar-refractivity contribution in [2.75, 3.05) is 5.32 Å². The molecule has 0 spiro atoms. The van der Waals surface area contributed by atoms with E-state index >= 15 is 4.39 Å². The molecule has 1 aliphatic carbocycles. The molecule has 1 aliphatic rings. The number of rotatable bonds is 4. The summed E-state index contributed by atoms with van der Waals surface area (Å²) in [6, 6.07) is 7.84. The van der Waals surface area contributed by atoms with Gasteiger partial charge in [-0.15, -0.1) is 0 Å². The maximum atomic E-state index is 15.6. The Balaban J connectivity index is 1.63. The van der Waals surface area contributed by atoms with Crippen molar-refractivity contribution in [3.05, 3.63) is 58.8 Å². The smallest absolute Gasteiger partial charge is 0.328 e. The molecule has 5 aromatic rings. The first-order valence-electron chi connectivity index (χ1n) is 13.2. The maximum absolute atomic E-state index is 15.6. The fourth-order valence-electron chi connectivity index (χ4n) is 5.81. The highest BCUT2D eigenvalue weighted by Crippen LogP contribution is 2.36. The zero-order chi connectivity index (χ0) is 26.9. The third kappa shape index (κ3) is 3.83. The van der Waals surface area contributed by atoms with Crippen LogP contribution in [0.15, 0.2) is 41.5 Å². The van der Waals surface area contributed by atoms with Crippen molar-refractivity contribution >= 4 is 27.8 Å². The number of aromatic nitrogens is 6. The lowest BCUT2D eigenvalue weighted by Gasteiger charge is -2.22. The van der Waals surface area contributed by atoms with Crippen LogP contribution in [0.4, 0.5) is 10.1 Å². The van der Waals surface area contributed by atoms with Gasteiger partial charge in [0.2, 0.25) is 0 Å². The highest BCUT2D eigenvalue weighted by atomic mass is 19.1. The zero-order valence-electron chi connectivity index (χ0n) is 22.8. The number of imidazole rings is 2. The highest BCUT2D eigenvalue weighted by Gasteiger charge is 2.27. The van der Waals surface area contributed by atoms with Gasteiger partial charge in [-0.25, -0.2) is 14.2 Å². The number of halogens is 1. The van der Waals surface area contributed by atoms with Crippen LogP contribution in [-0.4, -0.2) is 34.5 Å². The average Bonchev–Trinajstić information content (AvgIpc) is 3.64. The lowest BCUT2D eigenvalue weighted by Crippen LogP contribution is -2.20. The van der Waals surface area contributed by atoms with E-state index in [2.05, 4.69) is 37.3 Å².